The molecule has 1 heterocycles. The van der Waals surface area contributed by atoms with Crippen molar-refractivity contribution in [2.75, 3.05) is 6.54 Å². The van der Waals surface area contributed by atoms with Gasteiger partial charge in [-0.2, -0.15) is 0 Å². The van der Waals surface area contributed by atoms with Crippen LogP contribution in [-0.4, -0.2) is 34.5 Å². The largest absolute Gasteiger partial charge is 0.480 e. The van der Waals surface area contributed by atoms with Crippen LogP contribution in [0.2, 0.25) is 0 Å². The molecule has 0 aromatic carbocycles. The Morgan fingerprint density at radius 3 is 2.44 bits per heavy atom. The molecule has 4 nitrogen and oxygen atoms in total. The standard InChI is InChI=1S/C12H19NO3/c14-10-7-4-8-13(10)11(12(15)16)9-5-2-1-3-6-9/h9,11H,1-8H2,(H,15,16). The lowest BCUT2D eigenvalue weighted by molar-refractivity contribution is -0.151. The first-order chi connectivity index (χ1) is 7.70. The van der Waals surface area contributed by atoms with Gasteiger partial charge in [0.2, 0.25) is 5.91 Å². The van der Waals surface area contributed by atoms with Crippen LogP contribution in [0.1, 0.15) is 44.9 Å². The summed E-state index contributed by atoms with van der Waals surface area (Å²) in [5, 5.41) is 9.31. The summed E-state index contributed by atoms with van der Waals surface area (Å²) in [5.74, 6) is -0.617. The number of carbonyl (C=O) groups excluding carboxylic acids is 1. The number of hydrogen-bond acceptors (Lipinski definition) is 2. The molecule has 1 saturated heterocycles. The van der Waals surface area contributed by atoms with Gasteiger partial charge in [0.25, 0.3) is 0 Å². The fourth-order valence-corrected chi connectivity index (χ4v) is 3.00. The summed E-state index contributed by atoms with van der Waals surface area (Å²) in [6.07, 6.45) is 6.68. The lowest BCUT2D eigenvalue weighted by Gasteiger charge is -2.33. The normalized spacial score (nSPS) is 24.8. The van der Waals surface area contributed by atoms with Gasteiger partial charge in [-0.05, 0) is 25.2 Å². The molecule has 1 unspecified atom stereocenters. The topological polar surface area (TPSA) is 57.6 Å². The molecule has 1 atom stereocenters. The summed E-state index contributed by atoms with van der Waals surface area (Å²) in [7, 11) is 0. The summed E-state index contributed by atoms with van der Waals surface area (Å²) < 4.78 is 0. The van der Waals surface area contributed by atoms with E-state index in [2.05, 4.69) is 0 Å². The zero-order chi connectivity index (χ0) is 11.5. The Bertz CT molecular complexity index is 284. The van der Waals surface area contributed by atoms with Crippen molar-refractivity contribution >= 4 is 11.9 Å². The average Bonchev–Trinajstić information content (AvgIpc) is 2.66. The Labute approximate surface area is 95.6 Å². The summed E-state index contributed by atoms with van der Waals surface area (Å²) in [4.78, 5) is 24.6. The summed E-state index contributed by atoms with van der Waals surface area (Å²) >= 11 is 0. The molecule has 0 aromatic rings. The fourth-order valence-electron chi connectivity index (χ4n) is 3.00. The van der Waals surface area contributed by atoms with Crippen molar-refractivity contribution in [3.05, 3.63) is 0 Å². The monoisotopic (exact) mass is 225 g/mol. The van der Waals surface area contributed by atoms with Crippen molar-refractivity contribution in [3.63, 3.8) is 0 Å². The molecule has 2 aliphatic rings. The van der Waals surface area contributed by atoms with Crippen molar-refractivity contribution < 1.29 is 14.7 Å². The maximum absolute atomic E-state index is 11.6. The summed E-state index contributed by atoms with van der Waals surface area (Å²) in [6.45, 7) is 0.631. The van der Waals surface area contributed by atoms with Gasteiger partial charge in [0.15, 0.2) is 0 Å². The molecule has 1 saturated carbocycles. The zero-order valence-corrected chi connectivity index (χ0v) is 9.52. The van der Waals surface area contributed by atoms with Crippen LogP contribution in [0.4, 0.5) is 0 Å². The molecule has 1 N–H and O–H groups in total. The lowest BCUT2D eigenvalue weighted by atomic mass is 9.83. The van der Waals surface area contributed by atoms with E-state index < -0.39 is 12.0 Å². The third-order valence-electron chi connectivity index (χ3n) is 3.80. The lowest BCUT2D eigenvalue weighted by Crippen LogP contribution is -2.47. The van der Waals surface area contributed by atoms with E-state index in [0.29, 0.717) is 13.0 Å². The van der Waals surface area contributed by atoms with Crippen molar-refractivity contribution in [3.8, 4) is 0 Å². The van der Waals surface area contributed by atoms with Crippen molar-refractivity contribution in [1.29, 1.82) is 0 Å². The summed E-state index contributed by atoms with van der Waals surface area (Å²) in [6, 6.07) is -0.560. The first-order valence-corrected chi connectivity index (χ1v) is 6.22. The molecule has 0 bridgehead atoms. The first kappa shape index (κ1) is 11.4. The van der Waals surface area contributed by atoms with Crippen molar-refractivity contribution in [2.24, 2.45) is 5.92 Å². The van der Waals surface area contributed by atoms with E-state index in [0.717, 1.165) is 32.1 Å². The van der Waals surface area contributed by atoms with Gasteiger partial charge in [-0.3, -0.25) is 4.79 Å². The van der Waals surface area contributed by atoms with Crippen LogP contribution in [0.5, 0.6) is 0 Å². The molecule has 1 amide bonds. The predicted molar refractivity (Wildman–Crippen MR) is 58.9 cm³/mol. The number of likely N-dealkylation sites (tertiary alicyclic amines) is 1. The molecule has 1 aliphatic heterocycles. The second kappa shape index (κ2) is 4.85. The number of amides is 1. The number of carboxylic acid groups (broad SMARTS) is 1. The van der Waals surface area contributed by atoms with E-state index in [1.807, 2.05) is 0 Å². The van der Waals surface area contributed by atoms with E-state index in [1.54, 1.807) is 4.90 Å². The summed E-state index contributed by atoms with van der Waals surface area (Å²) in [5.41, 5.74) is 0. The molecule has 16 heavy (non-hydrogen) atoms. The van der Waals surface area contributed by atoms with E-state index in [4.69, 9.17) is 0 Å². The van der Waals surface area contributed by atoms with E-state index in [-0.39, 0.29) is 11.8 Å². The van der Waals surface area contributed by atoms with Crippen molar-refractivity contribution in [2.45, 2.75) is 51.0 Å². The van der Waals surface area contributed by atoms with Gasteiger partial charge in [-0.1, -0.05) is 19.3 Å². The van der Waals surface area contributed by atoms with Crippen LogP contribution in [-0.2, 0) is 9.59 Å². The minimum absolute atomic E-state index is 0.0259. The minimum atomic E-state index is -0.817. The van der Waals surface area contributed by atoms with Crippen LogP contribution in [0.3, 0.4) is 0 Å². The van der Waals surface area contributed by atoms with Crippen LogP contribution >= 0.6 is 0 Å². The van der Waals surface area contributed by atoms with Gasteiger partial charge in [0.1, 0.15) is 6.04 Å². The van der Waals surface area contributed by atoms with Crippen LogP contribution < -0.4 is 0 Å². The zero-order valence-electron chi connectivity index (χ0n) is 9.52. The van der Waals surface area contributed by atoms with Crippen LogP contribution in [0.15, 0.2) is 0 Å². The highest BCUT2D eigenvalue weighted by Gasteiger charge is 2.38. The first-order valence-electron chi connectivity index (χ1n) is 6.22. The molecule has 4 heteroatoms. The molecule has 0 radical (unpaired) electrons. The number of carbonyl (C=O) groups is 2. The number of hydrogen-bond donors (Lipinski definition) is 1. The van der Waals surface area contributed by atoms with Gasteiger partial charge in [-0.15, -0.1) is 0 Å². The molecule has 0 spiro atoms. The number of aliphatic carboxylic acids is 1. The van der Waals surface area contributed by atoms with Crippen LogP contribution in [0.25, 0.3) is 0 Å². The number of rotatable bonds is 3. The maximum Gasteiger partial charge on any atom is 0.326 e. The average molecular weight is 225 g/mol. The van der Waals surface area contributed by atoms with Gasteiger partial charge in [-0.25, -0.2) is 4.79 Å². The molecular formula is C12H19NO3. The Balaban J connectivity index is 2.09. The Morgan fingerprint density at radius 1 is 1.25 bits per heavy atom. The second-order valence-corrected chi connectivity index (χ2v) is 4.87. The Morgan fingerprint density at radius 2 is 1.94 bits per heavy atom. The smallest absolute Gasteiger partial charge is 0.326 e. The van der Waals surface area contributed by atoms with Gasteiger partial charge >= 0.3 is 5.97 Å². The predicted octanol–water partition coefficient (Wildman–Crippen LogP) is 1.64. The van der Waals surface area contributed by atoms with E-state index >= 15 is 0 Å². The second-order valence-electron chi connectivity index (χ2n) is 4.87. The van der Waals surface area contributed by atoms with Crippen LogP contribution in [0, 0.1) is 5.92 Å². The Kier molecular flexibility index (Phi) is 3.46. The molecule has 90 valence electrons. The molecular weight excluding hydrogens is 206 g/mol. The third kappa shape index (κ3) is 2.20. The highest BCUT2D eigenvalue weighted by Crippen LogP contribution is 2.31. The fraction of sp³-hybridized carbons (Fsp3) is 0.833. The highest BCUT2D eigenvalue weighted by atomic mass is 16.4. The van der Waals surface area contributed by atoms with Gasteiger partial charge < -0.3 is 10.0 Å². The SMILES string of the molecule is O=C(O)C(C1CCCCC1)N1CCCC1=O. The van der Waals surface area contributed by atoms with E-state index in [1.165, 1.54) is 6.42 Å². The maximum atomic E-state index is 11.6. The van der Waals surface area contributed by atoms with Gasteiger partial charge in [0.05, 0.1) is 0 Å². The molecule has 1 aliphatic carbocycles. The third-order valence-corrected chi connectivity index (χ3v) is 3.80. The Hall–Kier alpha value is -1.06. The molecule has 2 rings (SSSR count). The van der Waals surface area contributed by atoms with Crippen molar-refractivity contribution in [1.82, 2.24) is 4.90 Å². The molecule has 0 aromatic heterocycles. The van der Waals surface area contributed by atoms with Gasteiger partial charge in [0, 0.05) is 13.0 Å². The quantitative estimate of drug-likeness (QED) is 0.794. The highest BCUT2D eigenvalue weighted by molar-refractivity contribution is 5.85. The number of carboxylic acids is 1. The molecule has 2 fully saturated rings. The number of nitrogens with zero attached hydrogens (tertiary/aromatic N) is 1. The minimum Gasteiger partial charge on any atom is -0.480 e. The van der Waals surface area contributed by atoms with E-state index in [9.17, 15) is 14.7 Å².